The van der Waals surface area contributed by atoms with Crippen LogP contribution in [0.25, 0.3) is 10.4 Å². The molecule has 5 N–H and O–H groups in total. The molecule has 1 aromatic carbocycles. The first-order valence-electron chi connectivity index (χ1n) is 16.2. The first-order valence-corrected chi connectivity index (χ1v) is 16.2. The molecule has 1 aliphatic heterocycles. The first-order chi connectivity index (χ1) is 22.4. The maximum absolute atomic E-state index is 13.9. The average molecular weight is 671 g/mol. The van der Waals surface area contributed by atoms with Crippen LogP contribution in [0, 0.1) is 11.8 Å². The SMILES string of the molecule is CC(C)C[C@H](NC(=O)[C@H](NC(=O)[C@@H]1CCCN1C(=O)[C@@H](CC(=O)OC(C)(C)C)NC(=O)[C@H](N)Cc1ccccc1)C(C)C)C(=O)N=[N+]=[N-]. The van der Waals surface area contributed by atoms with Gasteiger partial charge in [0, 0.05) is 11.5 Å². The van der Waals surface area contributed by atoms with E-state index in [1.807, 2.05) is 44.2 Å². The van der Waals surface area contributed by atoms with Crippen molar-refractivity contribution in [3.05, 3.63) is 46.3 Å². The number of hydrogen-bond donors (Lipinski definition) is 4. The molecule has 0 aliphatic carbocycles. The summed E-state index contributed by atoms with van der Waals surface area (Å²) in [5.41, 5.74) is 14.8. The fourth-order valence-corrected chi connectivity index (χ4v) is 5.35. The second kappa shape index (κ2) is 18.2. The smallest absolute Gasteiger partial charge is 0.308 e. The van der Waals surface area contributed by atoms with E-state index >= 15 is 0 Å². The molecule has 1 heterocycles. The summed E-state index contributed by atoms with van der Waals surface area (Å²) in [4.78, 5) is 83.0. The highest BCUT2D eigenvalue weighted by Crippen LogP contribution is 2.21. The van der Waals surface area contributed by atoms with Gasteiger partial charge in [-0.3, -0.25) is 28.8 Å². The lowest BCUT2D eigenvalue weighted by Gasteiger charge is -2.31. The Bertz CT molecular complexity index is 1360. The van der Waals surface area contributed by atoms with Gasteiger partial charge < -0.3 is 31.3 Å². The lowest BCUT2D eigenvalue weighted by Crippen LogP contribution is -2.59. The lowest BCUT2D eigenvalue weighted by atomic mass is 9.99. The number of nitrogens with zero attached hydrogens (tertiary/aromatic N) is 4. The normalized spacial score (nSPS) is 17.0. The molecular weight excluding hydrogens is 620 g/mol. The first kappa shape index (κ1) is 39.7. The van der Waals surface area contributed by atoms with Gasteiger partial charge in [-0.05, 0) is 74.5 Å². The molecule has 48 heavy (non-hydrogen) atoms. The van der Waals surface area contributed by atoms with E-state index in [1.54, 1.807) is 34.6 Å². The van der Waals surface area contributed by atoms with Crippen LogP contribution >= 0.6 is 0 Å². The number of nitrogens with one attached hydrogen (secondary N) is 3. The van der Waals surface area contributed by atoms with Crippen molar-refractivity contribution in [1.82, 2.24) is 20.9 Å². The molecule has 15 nitrogen and oxygen atoms in total. The fourth-order valence-electron chi connectivity index (χ4n) is 5.35. The van der Waals surface area contributed by atoms with Crippen molar-refractivity contribution in [2.75, 3.05) is 6.54 Å². The van der Waals surface area contributed by atoms with Gasteiger partial charge in [-0.2, -0.15) is 0 Å². The Labute approximate surface area is 281 Å². The number of nitrogens with two attached hydrogens (primary N) is 1. The van der Waals surface area contributed by atoms with E-state index in [4.69, 9.17) is 16.0 Å². The second-order valence-corrected chi connectivity index (χ2v) is 13.8. The molecule has 5 atom stereocenters. The number of amides is 5. The molecule has 1 aromatic rings. The van der Waals surface area contributed by atoms with Crippen LogP contribution in [0.2, 0.25) is 0 Å². The highest BCUT2D eigenvalue weighted by Gasteiger charge is 2.41. The van der Waals surface area contributed by atoms with Crippen molar-refractivity contribution in [2.45, 2.75) is 116 Å². The van der Waals surface area contributed by atoms with Crippen LogP contribution in [0.3, 0.4) is 0 Å². The highest BCUT2D eigenvalue weighted by molar-refractivity contribution is 5.97. The average Bonchev–Trinajstić information content (AvgIpc) is 3.48. The van der Waals surface area contributed by atoms with Crippen LogP contribution < -0.4 is 21.7 Å². The van der Waals surface area contributed by atoms with Crippen molar-refractivity contribution < 1.29 is 33.5 Å². The largest absolute Gasteiger partial charge is 0.460 e. The quantitative estimate of drug-likeness (QED) is 0.0935. The Balaban J connectivity index is 2.26. The molecule has 1 fully saturated rings. The predicted octanol–water partition coefficient (Wildman–Crippen LogP) is 2.27. The van der Waals surface area contributed by atoms with Crippen molar-refractivity contribution in [1.29, 1.82) is 0 Å². The zero-order valence-electron chi connectivity index (χ0n) is 28.9. The number of likely N-dealkylation sites (tertiary alicyclic amines) is 1. The number of esters is 1. The van der Waals surface area contributed by atoms with E-state index in [2.05, 4.69) is 26.0 Å². The number of azide groups is 1. The van der Waals surface area contributed by atoms with Gasteiger partial charge in [0.1, 0.15) is 23.7 Å². The van der Waals surface area contributed by atoms with Crippen LogP contribution in [-0.2, 0) is 39.9 Å². The van der Waals surface area contributed by atoms with Gasteiger partial charge in [-0.25, -0.2) is 0 Å². The van der Waals surface area contributed by atoms with Crippen molar-refractivity contribution in [3.8, 4) is 0 Å². The summed E-state index contributed by atoms with van der Waals surface area (Å²) in [6.45, 7) is 12.3. The molecule has 0 unspecified atom stereocenters. The monoisotopic (exact) mass is 670 g/mol. The highest BCUT2D eigenvalue weighted by atomic mass is 16.6. The summed E-state index contributed by atoms with van der Waals surface area (Å²) in [7, 11) is 0. The number of rotatable bonds is 15. The third-order valence-corrected chi connectivity index (χ3v) is 7.59. The van der Waals surface area contributed by atoms with E-state index in [0.717, 1.165) is 5.56 Å². The van der Waals surface area contributed by atoms with Gasteiger partial charge in [0.25, 0.3) is 0 Å². The van der Waals surface area contributed by atoms with E-state index in [-0.39, 0.29) is 31.7 Å². The van der Waals surface area contributed by atoms with E-state index in [9.17, 15) is 28.8 Å². The fraction of sp³-hybridized carbons (Fsp3) is 0.636. The molecule has 264 valence electrons. The molecule has 15 heteroatoms. The molecule has 0 saturated carbocycles. The molecule has 0 aromatic heterocycles. The van der Waals surface area contributed by atoms with Gasteiger partial charge >= 0.3 is 5.97 Å². The minimum Gasteiger partial charge on any atom is -0.460 e. The Hall–Kier alpha value is -4.49. The van der Waals surface area contributed by atoms with Gasteiger partial charge in [0.05, 0.1) is 18.5 Å². The molecule has 1 aliphatic rings. The van der Waals surface area contributed by atoms with Crippen LogP contribution in [0.4, 0.5) is 0 Å². The number of ether oxygens (including phenoxy) is 1. The van der Waals surface area contributed by atoms with Crippen LogP contribution in [0.5, 0.6) is 0 Å². The Morgan fingerprint density at radius 1 is 1.00 bits per heavy atom. The summed E-state index contributed by atoms with van der Waals surface area (Å²) in [6, 6.07) is 3.54. The third kappa shape index (κ3) is 12.6. The standard InChI is InChI=1S/C33H50N8O7/c1-19(2)16-23(29(44)39-40-35)36-31(46)27(20(3)4)38-30(45)25-14-11-15-41(25)32(47)24(18-26(42)48-33(5,6)7)37-28(43)22(34)17-21-12-9-8-10-13-21/h8-10,12-13,19-20,22-25,27H,11,14-18,34H2,1-7H3,(H,36,46)(H,37,43)(H,38,45)/t22-,23+,24-,25+,27-/m1/s1. The van der Waals surface area contributed by atoms with Crippen molar-refractivity contribution in [3.63, 3.8) is 0 Å². The summed E-state index contributed by atoms with van der Waals surface area (Å²) in [5.74, 6) is -4.57. The Morgan fingerprint density at radius 3 is 2.19 bits per heavy atom. The zero-order valence-corrected chi connectivity index (χ0v) is 28.9. The zero-order chi connectivity index (χ0) is 36.2. The Morgan fingerprint density at radius 2 is 1.62 bits per heavy atom. The van der Waals surface area contributed by atoms with Gasteiger partial charge in [0.2, 0.25) is 29.5 Å². The summed E-state index contributed by atoms with van der Waals surface area (Å²) < 4.78 is 5.42. The van der Waals surface area contributed by atoms with Gasteiger partial charge in [-0.1, -0.05) is 58.0 Å². The minimum absolute atomic E-state index is 0.0136. The summed E-state index contributed by atoms with van der Waals surface area (Å²) in [5, 5.41) is 11.0. The Kier molecular flexibility index (Phi) is 15.0. The molecule has 5 amide bonds. The molecule has 0 bridgehead atoms. The summed E-state index contributed by atoms with van der Waals surface area (Å²) in [6.07, 6.45) is 0.654. The number of hydrogen-bond acceptors (Lipinski definition) is 8. The maximum Gasteiger partial charge on any atom is 0.308 e. The van der Waals surface area contributed by atoms with Crippen molar-refractivity contribution in [2.24, 2.45) is 22.7 Å². The second-order valence-electron chi connectivity index (χ2n) is 13.8. The lowest BCUT2D eigenvalue weighted by molar-refractivity contribution is -0.157. The van der Waals surface area contributed by atoms with Crippen LogP contribution in [0.1, 0.15) is 79.7 Å². The number of carbonyl (C=O) groups excluding carboxylic acids is 6. The van der Waals surface area contributed by atoms with E-state index in [0.29, 0.717) is 6.42 Å². The molecule has 2 rings (SSSR count). The molecular formula is C33H50N8O7. The minimum atomic E-state index is -1.37. The maximum atomic E-state index is 13.9. The molecule has 0 spiro atoms. The molecule has 1 saturated heterocycles. The van der Waals surface area contributed by atoms with Crippen LogP contribution in [-0.4, -0.2) is 82.8 Å². The van der Waals surface area contributed by atoms with E-state index < -0.39 is 83.7 Å². The van der Waals surface area contributed by atoms with Gasteiger partial charge in [-0.15, -0.1) is 0 Å². The summed E-state index contributed by atoms with van der Waals surface area (Å²) >= 11 is 0. The number of carbonyl (C=O) groups is 6. The van der Waals surface area contributed by atoms with E-state index in [1.165, 1.54) is 4.90 Å². The topological polar surface area (TPSA) is 226 Å². The molecule has 0 radical (unpaired) electrons. The number of benzene rings is 1. The van der Waals surface area contributed by atoms with Gasteiger partial charge in [0.15, 0.2) is 0 Å². The van der Waals surface area contributed by atoms with Crippen molar-refractivity contribution >= 4 is 35.5 Å². The third-order valence-electron chi connectivity index (χ3n) is 7.59. The van der Waals surface area contributed by atoms with Crippen LogP contribution in [0.15, 0.2) is 35.4 Å². The predicted molar refractivity (Wildman–Crippen MR) is 178 cm³/mol.